The SMILES string of the molecule is Cc1csc(CCNC(C)CCC(=O)O)n1. The maximum Gasteiger partial charge on any atom is 0.303 e. The summed E-state index contributed by atoms with van der Waals surface area (Å²) in [7, 11) is 0. The number of rotatable bonds is 7. The van der Waals surface area contributed by atoms with E-state index in [1.54, 1.807) is 11.3 Å². The largest absolute Gasteiger partial charge is 0.481 e. The van der Waals surface area contributed by atoms with Gasteiger partial charge in [0.2, 0.25) is 0 Å². The van der Waals surface area contributed by atoms with Crippen LogP contribution in [-0.4, -0.2) is 28.6 Å². The van der Waals surface area contributed by atoms with Crippen molar-refractivity contribution < 1.29 is 9.90 Å². The Morgan fingerprint density at radius 2 is 2.44 bits per heavy atom. The van der Waals surface area contributed by atoms with Crippen molar-refractivity contribution >= 4 is 17.3 Å². The molecule has 90 valence electrons. The number of carboxylic acids is 1. The zero-order valence-corrected chi connectivity index (χ0v) is 10.5. The van der Waals surface area contributed by atoms with E-state index < -0.39 is 5.97 Å². The van der Waals surface area contributed by atoms with Crippen molar-refractivity contribution in [3.05, 3.63) is 16.1 Å². The van der Waals surface area contributed by atoms with Crippen molar-refractivity contribution in [3.8, 4) is 0 Å². The third-order valence-electron chi connectivity index (χ3n) is 2.29. The zero-order valence-electron chi connectivity index (χ0n) is 9.69. The lowest BCUT2D eigenvalue weighted by atomic mass is 10.2. The van der Waals surface area contributed by atoms with Gasteiger partial charge < -0.3 is 10.4 Å². The van der Waals surface area contributed by atoms with Gasteiger partial charge in [-0.3, -0.25) is 4.79 Å². The molecule has 1 rings (SSSR count). The fraction of sp³-hybridized carbons (Fsp3) is 0.636. The molecule has 4 nitrogen and oxygen atoms in total. The van der Waals surface area contributed by atoms with Crippen molar-refractivity contribution in [3.63, 3.8) is 0 Å². The molecule has 0 radical (unpaired) electrons. The summed E-state index contributed by atoms with van der Waals surface area (Å²) in [5, 5.41) is 15.0. The van der Waals surface area contributed by atoms with E-state index in [2.05, 4.69) is 10.3 Å². The van der Waals surface area contributed by atoms with Crippen LogP contribution in [0.25, 0.3) is 0 Å². The lowest BCUT2D eigenvalue weighted by Gasteiger charge is -2.11. The molecule has 1 atom stereocenters. The predicted octanol–water partition coefficient (Wildman–Crippen LogP) is 1.84. The monoisotopic (exact) mass is 242 g/mol. The van der Waals surface area contributed by atoms with E-state index in [1.807, 2.05) is 19.2 Å². The predicted molar refractivity (Wildman–Crippen MR) is 64.9 cm³/mol. The second-order valence-electron chi connectivity index (χ2n) is 3.92. The number of carboxylic acid groups (broad SMARTS) is 1. The summed E-state index contributed by atoms with van der Waals surface area (Å²) in [5.41, 5.74) is 1.07. The van der Waals surface area contributed by atoms with Crippen LogP contribution in [0.4, 0.5) is 0 Å². The second kappa shape index (κ2) is 6.60. The van der Waals surface area contributed by atoms with Crippen LogP contribution in [0.2, 0.25) is 0 Å². The van der Waals surface area contributed by atoms with Crippen molar-refractivity contribution in [2.75, 3.05) is 6.54 Å². The minimum atomic E-state index is -0.732. The van der Waals surface area contributed by atoms with Crippen molar-refractivity contribution in [1.29, 1.82) is 0 Å². The number of carbonyl (C=O) groups is 1. The number of hydrogen-bond acceptors (Lipinski definition) is 4. The third-order valence-corrected chi connectivity index (χ3v) is 3.32. The van der Waals surface area contributed by atoms with E-state index in [-0.39, 0.29) is 12.5 Å². The standard InChI is InChI=1S/C11H18N2O2S/c1-8(3-4-11(14)15)12-6-5-10-13-9(2)7-16-10/h7-8,12H,3-6H2,1-2H3,(H,14,15). The quantitative estimate of drug-likeness (QED) is 0.766. The molecule has 2 N–H and O–H groups in total. The minimum Gasteiger partial charge on any atom is -0.481 e. The van der Waals surface area contributed by atoms with Gasteiger partial charge in [0.15, 0.2) is 0 Å². The smallest absolute Gasteiger partial charge is 0.303 e. The molecule has 0 aliphatic carbocycles. The van der Waals surface area contributed by atoms with Gasteiger partial charge in [-0.05, 0) is 20.3 Å². The van der Waals surface area contributed by atoms with Crippen LogP contribution in [0.1, 0.15) is 30.5 Å². The Kier molecular flexibility index (Phi) is 5.42. The van der Waals surface area contributed by atoms with Crippen LogP contribution in [-0.2, 0) is 11.2 Å². The molecule has 16 heavy (non-hydrogen) atoms. The topological polar surface area (TPSA) is 62.2 Å². The highest BCUT2D eigenvalue weighted by Gasteiger charge is 2.05. The van der Waals surface area contributed by atoms with Gasteiger partial charge in [0.1, 0.15) is 0 Å². The van der Waals surface area contributed by atoms with Crippen LogP contribution >= 0.6 is 11.3 Å². The number of aryl methyl sites for hydroxylation is 1. The average Bonchev–Trinajstić information content (AvgIpc) is 2.61. The molecule has 0 fully saturated rings. The summed E-state index contributed by atoms with van der Waals surface area (Å²) >= 11 is 1.67. The minimum absolute atomic E-state index is 0.227. The number of nitrogens with one attached hydrogen (secondary N) is 1. The van der Waals surface area contributed by atoms with E-state index in [4.69, 9.17) is 5.11 Å². The summed E-state index contributed by atoms with van der Waals surface area (Å²) in [6, 6.07) is 0.247. The van der Waals surface area contributed by atoms with Gasteiger partial charge in [0.05, 0.1) is 5.01 Å². The molecule has 1 heterocycles. The molecule has 0 bridgehead atoms. The van der Waals surface area contributed by atoms with E-state index >= 15 is 0 Å². The fourth-order valence-electron chi connectivity index (χ4n) is 1.39. The molecular formula is C11H18N2O2S. The van der Waals surface area contributed by atoms with Gasteiger partial charge in [-0.2, -0.15) is 0 Å². The Bertz CT molecular complexity index is 338. The zero-order chi connectivity index (χ0) is 12.0. The third kappa shape index (κ3) is 5.23. The summed E-state index contributed by atoms with van der Waals surface area (Å²) in [5.74, 6) is -0.732. The van der Waals surface area contributed by atoms with E-state index in [1.165, 1.54) is 0 Å². The van der Waals surface area contributed by atoms with Crippen molar-refractivity contribution in [1.82, 2.24) is 10.3 Å². The number of aliphatic carboxylic acids is 1. The molecule has 0 saturated heterocycles. The lowest BCUT2D eigenvalue weighted by molar-refractivity contribution is -0.137. The first kappa shape index (κ1) is 13.1. The Hall–Kier alpha value is -0.940. The Morgan fingerprint density at radius 3 is 3.00 bits per heavy atom. The fourth-order valence-corrected chi connectivity index (χ4v) is 2.16. The van der Waals surface area contributed by atoms with Crippen molar-refractivity contribution in [2.24, 2.45) is 0 Å². The Labute approximate surface area is 99.7 Å². The molecule has 5 heteroatoms. The van der Waals surface area contributed by atoms with Crippen LogP contribution in [0.5, 0.6) is 0 Å². The maximum absolute atomic E-state index is 10.4. The first-order chi connectivity index (χ1) is 7.58. The molecular weight excluding hydrogens is 224 g/mol. The molecule has 1 aromatic rings. The second-order valence-corrected chi connectivity index (χ2v) is 4.86. The van der Waals surface area contributed by atoms with Gasteiger partial charge in [0.25, 0.3) is 0 Å². The van der Waals surface area contributed by atoms with Gasteiger partial charge in [-0.1, -0.05) is 0 Å². The summed E-state index contributed by atoms with van der Waals surface area (Å²) in [6.45, 7) is 4.85. The summed E-state index contributed by atoms with van der Waals surface area (Å²) < 4.78 is 0. The molecule has 0 aliphatic rings. The molecule has 0 saturated carbocycles. The van der Waals surface area contributed by atoms with Crippen LogP contribution in [0.3, 0.4) is 0 Å². The first-order valence-corrected chi connectivity index (χ1v) is 6.32. The van der Waals surface area contributed by atoms with Crippen LogP contribution in [0, 0.1) is 6.92 Å². The summed E-state index contributed by atoms with van der Waals surface area (Å²) in [6.07, 6.45) is 1.81. The normalized spacial score (nSPS) is 12.6. The van der Waals surface area contributed by atoms with Crippen LogP contribution < -0.4 is 5.32 Å². The van der Waals surface area contributed by atoms with Crippen molar-refractivity contribution in [2.45, 2.75) is 39.2 Å². The Morgan fingerprint density at radius 1 is 1.69 bits per heavy atom. The lowest BCUT2D eigenvalue weighted by Crippen LogP contribution is -2.28. The molecule has 1 unspecified atom stereocenters. The van der Waals surface area contributed by atoms with Gasteiger partial charge in [0, 0.05) is 36.5 Å². The van der Waals surface area contributed by atoms with Gasteiger partial charge in [-0.15, -0.1) is 11.3 Å². The number of thiazole rings is 1. The molecule has 0 amide bonds. The number of aromatic nitrogens is 1. The molecule has 0 spiro atoms. The highest BCUT2D eigenvalue weighted by molar-refractivity contribution is 7.09. The van der Waals surface area contributed by atoms with Gasteiger partial charge in [-0.25, -0.2) is 4.98 Å². The highest BCUT2D eigenvalue weighted by Crippen LogP contribution is 2.08. The van der Waals surface area contributed by atoms with Crippen LogP contribution in [0.15, 0.2) is 5.38 Å². The molecule has 0 aromatic carbocycles. The highest BCUT2D eigenvalue weighted by atomic mass is 32.1. The number of nitrogens with zero attached hydrogens (tertiary/aromatic N) is 1. The maximum atomic E-state index is 10.4. The van der Waals surface area contributed by atoms with E-state index in [0.717, 1.165) is 23.7 Å². The van der Waals surface area contributed by atoms with E-state index in [0.29, 0.717) is 6.42 Å². The van der Waals surface area contributed by atoms with Gasteiger partial charge >= 0.3 is 5.97 Å². The van der Waals surface area contributed by atoms with E-state index in [9.17, 15) is 4.79 Å². The number of hydrogen-bond donors (Lipinski definition) is 2. The Balaban J connectivity index is 2.13. The average molecular weight is 242 g/mol. The summed E-state index contributed by atoms with van der Waals surface area (Å²) in [4.78, 5) is 14.7. The first-order valence-electron chi connectivity index (χ1n) is 5.44. The molecule has 1 aromatic heterocycles. The molecule has 0 aliphatic heterocycles.